The fourth-order valence-corrected chi connectivity index (χ4v) is 12.9. The first kappa shape index (κ1) is 35.8. The van der Waals surface area contributed by atoms with Gasteiger partial charge in [0.1, 0.15) is 0 Å². The van der Waals surface area contributed by atoms with Gasteiger partial charge >= 0.3 is 0 Å². The van der Waals surface area contributed by atoms with Crippen LogP contribution in [0.3, 0.4) is 0 Å². The van der Waals surface area contributed by atoms with Crippen LogP contribution >= 0.6 is 0 Å². The van der Waals surface area contributed by atoms with Crippen molar-refractivity contribution in [3.05, 3.63) is 245 Å². The number of rotatable bonds is 5. The van der Waals surface area contributed by atoms with Gasteiger partial charge in [0, 0.05) is 33.2 Å². The van der Waals surface area contributed by atoms with Crippen molar-refractivity contribution >= 4 is 17.1 Å². The Hall–Kier alpha value is -6.96. The lowest BCUT2D eigenvalue weighted by Gasteiger charge is -2.33. The standard InChI is InChI=1S/C61H47N/c1-39-23-30-48-49-31-24-40(2)36-54(49)61(53(48)35-39)51-21-10-8-18-47(51)50-20-14-19-46(57(50)61)42-25-27-43(28-26-42)62(56-22-11-9-17-45(56)41-15-6-5-7-16-41)44-29-32-52-55(37-44)58(3,4)60-34-13-12-33-59(52,60)38-60/h5-37H,38H2,1-4H3. The van der Waals surface area contributed by atoms with E-state index >= 15 is 0 Å². The van der Waals surface area contributed by atoms with Gasteiger partial charge in [-0.2, -0.15) is 0 Å². The molecule has 8 aromatic carbocycles. The van der Waals surface area contributed by atoms with E-state index in [9.17, 15) is 0 Å². The van der Waals surface area contributed by atoms with E-state index in [1.165, 1.54) is 107 Å². The van der Waals surface area contributed by atoms with Crippen LogP contribution in [0, 0.1) is 19.3 Å². The average Bonchev–Trinajstić information content (AvgIpc) is 3.80. The number of anilines is 3. The smallest absolute Gasteiger partial charge is 0.0731 e. The van der Waals surface area contributed by atoms with Gasteiger partial charge in [-0.25, -0.2) is 0 Å². The van der Waals surface area contributed by atoms with Crippen LogP contribution in [-0.4, -0.2) is 0 Å². The van der Waals surface area contributed by atoms with Crippen LogP contribution in [-0.2, 0) is 16.2 Å². The summed E-state index contributed by atoms with van der Waals surface area (Å²) in [5.41, 5.74) is 24.6. The molecule has 0 N–H and O–H groups in total. The normalized spacial score (nSPS) is 20.5. The zero-order chi connectivity index (χ0) is 41.6. The molecule has 0 bridgehead atoms. The van der Waals surface area contributed by atoms with Crippen LogP contribution in [0.15, 0.2) is 200 Å². The van der Waals surface area contributed by atoms with E-state index < -0.39 is 5.41 Å². The summed E-state index contributed by atoms with van der Waals surface area (Å²) in [6.45, 7) is 9.42. The van der Waals surface area contributed by atoms with Gasteiger partial charge < -0.3 is 4.90 Å². The van der Waals surface area contributed by atoms with Crippen molar-refractivity contribution in [3.8, 4) is 44.5 Å². The van der Waals surface area contributed by atoms with Gasteiger partial charge in [-0.3, -0.25) is 0 Å². The summed E-state index contributed by atoms with van der Waals surface area (Å²) in [7, 11) is 0. The van der Waals surface area contributed by atoms with Gasteiger partial charge in [-0.05, 0) is 123 Å². The maximum Gasteiger partial charge on any atom is 0.0731 e. The van der Waals surface area contributed by atoms with E-state index in [0.717, 1.165) is 5.69 Å². The maximum atomic E-state index is 2.51. The van der Waals surface area contributed by atoms with Gasteiger partial charge in [0.05, 0.1) is 11.1 Å². The second-order valence-electron chi connectivity index (χ2n) is 19.1. The molecule has 1 nitrogen and oxygen atoms in total. The van der Waals surface area contributed by atoms with Crippen molar-refractivity contribution in [1.29, 1.82) is 0 Å². The summed E-state index contributed by atoms with van der Waals surface area (Å²) in [5.74, 6) is 0. The Morgan fingerprint density at radius 3 is 1.77 bits per heavy atom. The highest BCUT2D eigenvalue weighted by Gasteiger charge is 2.77. The number of nitrogens with zero attached hydrogens (tertiary/aromatic N) is 1. The van der Waals surface area contributed by atoms with Crippen molar-refractivity contribution in [2.24, 2.45) is 5.41 Å². The molecule has 13 rings (SSSR count). The third-order valence-electron chi connectivity index (χ3n) is 15.8. The highest BCUT2D eigenvalue weighted by molar-refractivity contribution is 5.99. The van der Waals surface area contributed by atoms with Crippen molar-refractivity contribution in [2.75, 3.05) is 4.90 Å². The zero-order valence-corrected chi connectivity index (χ0v) is 35.7. The first-order valence-corrected chi connectivity index (χ1v) is 22.3. The summed E-state index contributed by atoms with van der Waals surface area (Å²) >= 11 is 0. The van der Waals surface area contributed by atoms with Crippen molar-refractivity contribution in [1.82, 2.24) is 0 Å². The summed E-state index contributed by atoms with van der Waals surface area (Å²) in [6, 6.07) is 66.9. The van der Waals surface area contributed by atoms with Crippen LogP contribution in [0.4, 0.5) is 17.1 Å². The molecule has 0 amide bonds. The molecule has 8 aromatic rings. The molecule has 1 spiro atoms. The van der Waals surface area contributed by atoms with E-state index in [0.29, 0.717) is 0 Å². The SMILES string of the molecule is Cc1ccc2c(c1)C1(c3cc(C)ccc3-2)c2ccccc2-c2cccc(-c3ccc(N(c4ccc5c(c4)C(C)(C)C46C=CC=CC54C6)c4ccccc4-c4ccccc4)cc3)c21. The van der Waals surface area contributed by atoms with Crippen LogP contribution < -0.4 is 4.90 Å². The second-order valence-corrected chi connectivity index (χ2v) is 19.1. The predicted molar refractivity (Wildman–Crippen MR) is 258 cm³/mol. The van der Waals surface area contributed by atoms with Gasteiger partial charge in [0.25, 0.3) is 0 Å². The van der Waals surface area contributed by atoms with E-state index in [2.05, 4.69) is 233 Å². The second kappa shape index (κ2) is 12.3. The van der Waals surface area contributed by atoms with Gasteiger partial charge in [0.2, 0.25) is 0 Å². The third-order valence-corrected chi connectivity index (χ3v) is 15.8. The Bertz CT molecular complexity index is 3220. The number of hydrogen-bond acceptors (Lipinski definition) is 1. The van der Waals surface area contributed by atoms with E-state index in [1.54, 1.807) is 0 Å². The molecule has 1 fully saturated rings. The molecule has 0 aromatic heterocycles. The molecule has 296 valence electrons. The minimum absolute atomic E-state index is 0.00383. The lowest BCUT2D eigenvalue weighted by atomic mass is 9.68. The number of allylic oxidation sites excluding steroid dienone is 4. The Balaban J connectivity index is 1.01. The molecular formula is C61H47N. The molecule has 5 aliphatic carbocycles. The van der Waals surface area contributed by atoms with Crippen LogP contribution in [0.2, 0.25) is 0 Å². The molecule has 1 saturated carbocycles. The van der Waals surface area contributed by atoms with Crippen molar-refractivity contribution < 1.29 is 0 Å². The number of para-hydroxylation sites is 1. The molecule has 62 heavy (non-hydrogen) atoms. The van der Waals surface area contributed by atoms with E-state index in [4.69, 9.17) is 0 Å². The average molecular weight is 794 g/mol. The minimum Gasteiger partial charge on any atom is -0.310 e. The van der Waals surface area contributed by atoms with Crippen molar-refractivity contribution in [3.63, 3.8) is 0 Å². The Morgan fingerprint density at radius 1 is 0.419 bits per heavy atom. The summed E-state index contributed by atoms with van der Waals surface area (Å²) in [6.07, 6.45) is 10.7. The molecule has 1 heteroatoms. The monoisotopic (exact) mass is 793 g/mol. The largest absolute Gasteiger partial charge is 0.310 e. The van der Waals surface area contributed by atoms with E-state index in [-0.39, 0.29) is 16.2 Å². The zero-order valence-electron chi connectivity index (χ0n) is 35.7. The Labute approximate surface area is 365 Å². The van der Waals surface area contributed by atoms with Gasteiger partial charge in [-0.1, -0.05) is 195 Å². The molecule has 2 atom stereocenters. The number of fused-ring (bicyclic) bond motifs is 11. The third kappa shape index (κ3) is 4.38. The summed E-state index contributed by atoms with van der Waals surface area (Å²) in [5, 5.41) is 0. The van der Waals surface area contributed by atoms with Crippen LogP contribution in [0.1, 0.15) is 64.8 Å². The predicted octanol–water partition coefficient (Wildman–Crippen LogP) is 15.5. The fraction of sp³-hybridized carbons (Fsp3) is 0.148. The molecule has 0 radical (unpaired) electrons. The minimum atomic E-state index is -0.428. The lowest BCUT2D eigenvalue weighted by Crippen LogP contribution is -2.28. The Morgan fingerprint density at radius 2 is 1.02 bits per heavy atom. The first-order valence-electron chi connectivity index (χ1n) is 22.3. The number of hydrogen-bond donors (Lipinski definition) is 0. The van der Waals surface area contributed by atoms with Gasteiger partial charge in [-0.15, -0.1) is 0 Å². The molecule has 0 aliphatic heterocycles. The fourth-order valence-electron chi connectivity index (χ4n) is 12.9. The molecule has 2 unspecified atom stereocenters. The van der Waals surface area contributed by atoms with Crippen LogP contribution in [0.5, 0.6) is 0 Å². The quantitative estimate of drug-likeness (QED) is 0.168. The summed E-state index contributed by atoms with van der Waals surface area (Å²) < 4.78 is 0. The topological polar surface area (TPSA) is 3.24 Å². The number of benzene rings is 8. The highest BCUT2D eigenvalue weighted by Crippen LogP contribution is 2.80. The molecule has 0 saturated heterocycles. The highest BCUT2D eigenvalue weighted by atomic mass is 15.1. The number of aryl methyl sites for hydroxylation is 2. The van der Waals surface area contributed by atoms with Gasteiger partial charge in [0.15, 0.2) is 0 Å². The summed E-state index contributed by atoms with van der Waals surface area (Å²) in [4.78, 5) is 2.50. The molecule has 5 aliphatic rings. The lowest BCUT2D eigenvalue weighted by molar-refractivity contribution is 0.360. The maximum absolute atomic E-state index is 2.51. The molecule has 0 heterocycles. The van der Waals surface area contributed by atoms with Crippen molar-refractivity contribution in [2.45, 2.75) is 50.4 Å². The molecular weight excluding hydrogens is 747 g/mol. The first-order chi connectivity index (χ1) is 30.3. The van der Waals surface area contributed by atoms with Crippen LogP contribution in [0.25, 0.3) is 44.5 Å². The Kier molecular flexibility index (Phi) is 7.11. The van der Waals surface area contributed by atoms with E-state index in [1.807, 2.05) is 0 Å².